The number of pyridine rings is 1. The first-order valence-corrected chi connectivity index (χ1v) is 5.28. The molecule has 0 fully saturated rings. The minimum Gasteiger partial charge on any atom is -0.345 e. The van der Waals surface area contributed by atoms with Crippen LogP contribution in [0.2, 0.25) is 0 Å². The SMILES string of the molecule is Cc1ccn(-c2ccc(C(=O)N(C)C)cn2)n1. The summed E-state index contributed by atoms with van der Waals surface area (Å²) in [7, 11) is 3.43. The van der Waals surface area contributed by atoms with E-state index in [-0.39, 0.29) is 5.91 Å². The number of carbonyl (C=O) groups excluding carboxylic acids is 1. The van der Waals surface area contributed by atoms with Crippen LogP contribution >= 0.6 is 0 Å². The Kier molecular flexibility index (Phi) is 2.91. The van der Waals surface area contributed by atoms with Crippen LogP contribution in [0.3, 0.4) is 0 Å². The monoisotopic (exact) mass is 230 g/mol. The van der Waals surface area contributed by atoms with Crippen LogP contribution < -0.4 is 0 Å². The molecule has 0 aromatic carbocycles. The van der Waals surface area contributed by atoms with Gasteiger partial charge in [0, 0.05) is 26.5 Å². The summed E-state index contributed by atoms with van der Waals surface area (Å²) in [5.74, 6) is 0.647. The summed E-state index contributed by atoms with van der Waals surface area (Å²) in [4.78, 5) is 17.4. The molecule has 5 heteroatoms. The standard InChI is InChI=1S/C12H14N4O/c1-9-6-7-16(14-9)11-5-4-10(8-13-11)12(17)15(2)3/h4-8H,1-3H3. The van der Waals surface area contributed by atoms with Crippen LogP contribution in [0.25, 0.3) is 5.82 Å². The van der Waals surface area contributed by atoms with E-state index in [0.717, 1.165) is 5.69 Å². The minimum atomic E-state index is -0.0549. The number of hydrogen-bond acceptors (Lipinski definition) is 3. The molecule has 0 spiro atoms. The van der Waals surface area contributed by atoms with Crippen molar-refractivity contribution in [2.75, 3.05) is 14.1 Å². The smallest absolute Gasteiger partial charge is 0.254 e. The largest absolute Gasteiger partial charge is 0.345 e. The average Bonchev–Trinajstić information content (AvgIpc) is 2.75. The van der Waals surface area contributed by atoms with Crippen molar-refractivity contribution >= 4 is 5.91 Å². The number of aryl methyl sites for hydroxylation is 1. The van der Waals surface area contributed by atoms with Crippen LogP contribution in [-0.2, 0) is 0 Å². The van der Waals surface area contributed by atoms with Crippen molar-refractivity contribution in [3.8, 4) is 5.82 Å². The maximum atomic E-state index is 11.7. The third-order valence-electron chi connectivity index (χ3n) is 2.36. The molecule has 0 atom stereocenters. The highest BCUT2D eigenvalue weighted by molar-refractivity contribution is 5.93. The lowest BCUT2D eigenvalue weighted by Gasteiger charge is -2.09. The zero-order valence-corrected chi connectivity index (χ0v) is 10.1. The number of rotatable bonds is 2. The van der Waals surface area contributed by atoms with E-state index in [0.29, 0.717) is 11.4 Å². The van der Waals surface area contributed by atoms with Crippen LogP contribution in [0.15, 0.2) is 30.6 Å². The molecule has 2 aromatic rings. The maximum absolute atomic E-state index is 11.7. The van der Waals surface area contributed by atoms with Crippen molar-refractivity contribution in [3.63, 3.8) is 0 Å². The quantitative estimate of drug-likeness (QED) is 0.780. The van der Waals surface area contributed by atoms with E-state index in [2.05, 4.69) is 10.1 Å². The molecule has 0 unspecified atom stereocenters. The second kappa shape index (κ2) is 4.37. The molecular formula is C12H14N4O. The van der Waals surface area contributed by atoms with E-state index in [1.54, 1.807) is 37.1 Å². The highest BCUT2D eigenvalue weighted by Gasteiger charge is 2.08. The predicted octanol–water partition coefficient (Wildman–Crippen LogP) is 1.28. The molecular weight excluding hydrogens is 216 g/mol. The third-order valence-corrected chi connectivity index (χ3v) is 2.36. The van der Waals surface area contributed by atoms with Gasteiger partial charge < -0.3 is 4.90 Å². The number of carbonyl (C=O) groups is 1. The number of hydrogen-bond donors (Lipinski definition) is 0. The Morgan fingerprint density at radius 1 is 1.29 bits per heavy atom. The Hall–Kier alpha value is -2.17. The Morgan fingerprint density at radius 2 is 2.06 bits per heavy atom. The van der Waals surface area contributed by atoms with Crippen molar-refractivity contribution in [1.29, 1.82) is 0 Å². The van der Waals surface area contributed by atoms with E-state index < -0.39 is 0 Å². The van der Waals surface area contributed by atoms with Gasteiger partial charge in [-0.05, 0) is 25.1 Å². The Balaban J connectivity index is 2.27. The summed E-state index contributed by atoms with van der Waals surface area (Å²) in [5.41, 5.74) is 1.50. The first-order chi connectivity index (χ1) is 8.08. The molecule has 5 nitrogen and oxygen atoms in total. The van der Waals surface area contributed by atoms with Gasteiger partial charge in [0.1, 0.15) is 0 Å². The van der Waals surface area contributed by atoms with Gasteiger partial charge in [-0.15, -0.1) is 0 Å². The molecule has 2 heterocycles. The molecule has 0 saturated heterocycles. The van der Waals surface area contributed by atoms with Crippen LogP contribution in [-0.4, -0.2) is 39.7 Å². The molecule has 0 N–H and O–H groups in total. The fraction of sp³-hybridized carbons (Fsp3) is 0.250. The van der Waals surface area contributed by atoms with Gasteiger partial charge in [-0.2, -0.15) is 5.10 Å². The molecule has 88 valence electrons. The van der Waals surface area contributed by atoms with E-state index in [4.69, 9.17) is 0 Å². The molecule has 0 aliphatic rings. The normalized spacial score (nSPS) is 10.3. The molecule has 17 heavy (non-hydrogen) atoms. The van der Waals surface area contributed by atoms with Gasteiger partial charge in [-0.25, -0.2) is 9.67 Å². The Labute approximate surface area is 99.7 Å². The zero-order valence-electron chi connectivity index (χ0n) is 10.1. The minimum absolute atomic E-state index is 0.0549. The van der Waals surface area contributed by atoms with Gasteiger partial charge in [0.25, 0.3) is 5.91 Å². The molecule has 0 aliphatic carbocycles. The van der Waals surface area contributed by atoms with E-state index in [1.165, 1.54) is 4.90 Å². The van der Waals surface area contributed by atoms with Gasteiger partial charge in [-0.3, -0.25) is 4.79 Å². The second-order valence-electron chi connectivity index (χ2n) is 4.01. The molecule has 2 rings (SSSR count). The van der Waals surface area contributed by atoms with Gasteiger partial charge >= 0.3 is 0 Å². The van der Waals surface area contributed by atoms with E-state index in [9.17, 15) is 4.79 Å². The molecule has 0 bridgehead atoms. The molecule has 2 aromatic heterocycles. The van der Waals surface area contributed by atoms with Gasteiger partial charge in [0.2, 0.25) is 0 Å². The van der Waals surface area contributed by atoms with Crippen molar-refractivity contribution in [3.05, 3.63) is 41.9 Å². The van der Waals surface area contributed by atoms with E-state index >= 15 is 0 Å². The third kappa shape index (κ3) is 2.33. The van der Waals surface area contributed by atoms with Crippen molar-refractivity contribution < 1.29 is 4.79 Å². The van der Waals surface area contributed by atoms with Crippen LogP contribution in [0.5, 0.6) is 0 Å². The topological polar surface area (TPSA) is 51.0 Å². The highest BCUT2D eigenvalue weighted by atomic mass is 16.2. The Bertz CT molecular complexity index is 528. The molecule has 0 aliphatic heterocycles. The molecule has 1 amide bonds. The lowest BCUT2D eigenvalue weighted by atomic mass is 10.2. The molecule has 0 saturated carbocycles. The second-order valence-corrected chi connectivity index (χ2v) is 4.01. The van der Waals surface area contributed by atoms with Gasteiger partial charge in [0.05, 0.1) is 11.3 Å². The number of amides is 1. The maximum Gasteiger partial charge on any atom is 0.254 e. The van der Waals surface area contributed by atoms with Crippen molar-refractivity contribution in [2.45, 2.75) is 6.92 Å². The predicted molar refractivity (Wildman–Crippen MR) is 64.1 cm³/mol. The lowest BCUT2D eigenvalue weighted by molar-refractivity contribution is 0.0827. The summed E-state index contributed by atoms with van der Waals surface area (Å²) in [6, 6.07) is 5.44. The summed E-state index contributed by atoms with van der Waals surface area (Å²) >= 11 is 0. The fourth-order valence-corrected chi connectivity index (χ4v) is 1.45. The first kappa shape index (κ1) is 11.3. The highest BCUT2D eigenvalue weighted by Crippen LogP contribution is 2.07. The average molecular weight is 230 g/mol. The first-order valence-electron chi connectivity index (χ1n) is 5.28. The van der Waals surface area contributed by atoms with Crippen molar-refractivity contribution in [2.24, 2.45) is 0 Å². The number of aromatic nitrogens is 3. The van der Waals surface area contributed by atoms with Crippen molar-refractivity contribution in [1.82, 2.24) is 19.7 Å². The lowest BCUT2D eigenvalue weighted by Crippen LogP contribution is -2.21. The van der Waals surface area contributed by atoms with Crippen LogP contribution in [0, 0.1) is 6.92 Å². The summed E-state index contributed by atoms with van der Waals surface area (Å²) in [5, 5.41) is 4.25. The number of nitrogens with zero attached hydrogens (tertiary/aromatic N) is 4. The van der Waals surface area contributed by atoms with Gasteiger partial charge in [0.15, 0.2) is 5.82 Å². The fourth-order valence-electron chi connectivity index (χ4n) is 1.45. The zero-order chi connectivity index (χ0) is 12.4. The van der Waals surface area contributed by atoms with Crippen LogP contribution in [0.4, 0.5) is 0 Å². The van der Waals surface area contributed by atoms with E-state index in [1.807, 2.05) is 19.2 Å². The summed E-state index contributed by atoms with van der Waals surface area (Å²) in [6.45, 7) is 1.92. The summed E-state index contributed by atoms with van der Waals surface area (Å²) in [6.07, 6.45) is 3.40. The summed E-state index contributed by atoms with van der Waals surface area (Å²) < 4.78 is 1.68. The molecule has 0 radical (unpaired) electrons. The Morgan fingerprint density at radius 3 is 2.53 bits per heavy atom. The van der Waals surface area contributed by atoms with Crippen LogP contribution in [0.1, 0.15) is 16.1 Å². The van der Waals surface area contributed by atoms with Gasteiger partial charge in [-0.1, -0.05) is 0 Å².